The number of carbonyl (C=O) groups excluding carboxylic acids is 1. The molecule has 2 N–H and O–H groups in total. The first-order valence-electron chi connectivity index (χ1n) is 6.43. The molecule has 0 heterocycles. The number of para-hydroxylation sites is 1. The molecule has 1 unspecified atom stereocenters. The van der Waals surface area contributed by atoms with Crippen LogP contribution in [0, 0.1) is 5.82 Å². The lowest BCUT2D eigenvalue weighted by molar-refractivity contribution is -0.143. The second kappa shape index (κ2) is 7.59. The molecule has 1 aromatic rings. The zero-order valence-corrected chi connectivity index (χ0v) is 11.6. The summed E-state index contributed by atoms with van der Waals surface area (Å²) in [5, 5.41) is 11.5. The van der Waals surface area contributed by atoms with E-state index in [2.05, 4.69) is 5.32 Å². The quantitative estimate of drug-likeness (QED) is 0.802. The van der Waals surface area contributed by atoms with E-state index in [1.807, 2.05) is 0 Å². The highest BCUT2D eigenvalue weighted by atomic mass is 19.1. The Morgan fingerprint density at radius 1 is 1.40 bits per heavy atom. The summed E-state index contributed by atoms with van der Waals surface area (Å²) in [5.41, 5.74) is 0.130. The van der Waals surface area contributed by atoms with Crippen molar-refractivity contribution in [2.75, 3.05) is 18.9 Å². The number of halogens is 1. The Balaban J connectivity index is 2.48. The molecule has 0 aliphatic carbocycles. The van der Waals surface area contributed by atoms with Crippen LogP contribution in [0.15, 0.2) is 24.3 Å². The minimum Gasteiger partial charge on any atom is -0.480 e. The highest BCUT2D eigenvalue weighted by molar-refractivity contribution is 5.90. The lowest BCUT2D eigenvalue weighted by Crippen LogP contribution is -2.39. The standard InChI is InChI=1S/C14H19FN2O3/c1-3-12(14(19)20)17(2)9-8-13(18)16-11-7-5-4-6-10(11)15/h4-7,12H,3,8-9H2,1-2H3,(H,16,18)(H,19,20). The van der Waals surface area contributed by atoms with Gasteiger partial charge >= 0.3 is 5.97 Å². The van der Waals surface area contributed by atoms with Crippen molar-refractivity contribution in [3.8, 4) is 0 Å². The van der Waals surface area contributed by atoms with Crippen LogP contribution in [0.5, 0.6) is 0 Å². The van der Waals surface area contributed by atoms with Crippen molar-refractivity contribution in [3.63, 3.8) is 0 Å². The van der Waals surface area contributed by atoms with Gasteiger partial charge in [0, 0.05) is 13.0 Å². The number of nitrogens with zero attached hydrogens (tertiary/aromatic N) is 1. The Labute approximate surface area is 117 Å². The van der Waals surface area contributed by atoms with Gasteiger partial charge in [0.2, 0.25) is 5.91 Å². The first-order chi connectivity index (χ1) is 9.45. The van der Waals surface area contributed by atoms with Crippen molar-refractivity contribution < 1.29 is 19.1 Å². The van der Waals surface area contributed by atoms with Crippen LogP contribution in [-0.4, -0.2) is 41.5 Å². The molecule has 0 aromatic heterocycles. The van der Waals surface area contributed by atoms with Crippen LogP contribution in [0.3, 0.4) is 0 Å². The number of carboxylic acid groups (broad SMARTS) is 1. The normalized spacial score (nSPS) is 12.2. The molecule has 1 aromatic carbocycles. The van der Waals surface area contributed by atoms with Crippen molar-refractivity contribution in [2.45, 2.75) is 25.8 Å². The first-order valence-corrected chi connectivity index (χ1v) is 6.43. The van der Waals surface area contributed by atoms with Gasteiger partial charge in [0.05, 0.1) is 5.69 Å². The van der Waals surface area contributed by atoms with Gasteiger partial charge in [-0.25, -0.2) is 4.39 Å². The van der Waals surface area contributed by atoms with Crippen LogP contribution in [0.4, 0.5) is 10.1 Å². The predicted molar refractivity (Wildman–Crippen MR) is 74.0 cm³/mol. The topological polar surface area (TPSA) is 69.6 Å². The van der Waals surface area contributed by atoms with Crippen LogP contribution in [-0.2, 0) is 9.59 Å². The maximum Gasteiger partial charge on any atom is 0.320 e. The molecule has 0 bridgehead atoms. The third-order valence-corrected chi connectivity index (χ3v) is 3.04. The van der Waals surface area contributed by atoms with Crippen LogP contribution in [0.2, 0.25) is 0 Å². The third-order valence-electron chi connectivity index (χ3n) is 3.04. The SMILES string of the molecule is CCC(C(=O)O)N(C)CCC(=O)Nc1ccccc1F. The molecule has 20 heavy (non-hydrogen) atoms. The van der Waals surface area contributed by atoms with E-state index < -0.39 is 17.8 Å². The van der Waals surface area contributed by atoms with Gasteiger partial charge in [-0.15, -0.1) is 0 Å². The van der Waals surface area contributed by atoms with Crippen molar-refractivity contribution in [2.24, 2.45) is 0 Å². The van der Waals surface area contributed by atoms with Crippen LogP contribution in [0.25, 0.3) is 0 Å². The molecule has 0 saturated heterocycles. The average Bonchev–Trinajstić information content (AvgIpc) is 2.39. The third kappa shape index (κ3) is 4.62. The number of hydrogen-bond acceptors (Lipinski definition) is 3. The molecule has 0 radical (unpaired) electrons. The fourth-order valence-corrected chi connectivity index (χ4v) is 1.88. The Hall–Kier alpha value is -1.95. The second-order valence-corrected chi connectivity index (χ2v) is 4.52. The van der Waals surface area contributed by atoms with Crippen LogP contribution >= 0.6 is 0 Å². The van der Waals surface area contributed by atoms with E-state index in [0.717, 1.165) is 0 Å². The fourth-order valence-electron chi connectivity index (χ4n) is 1.88. The lowest BCUT2D eigenvalue weighted by Gasteiger charge is -2.23. The highest BCUT2D eigenvalue weighted by Crippen LogP contribution is 2.12. The molecule has 0 aliphatic heterocycles. The Bertz CT molecular complexity index is 479. The van der Waals surface area contributed by atoms with E-state index in [9.17, 15) is 14.0 Å². The van der Waals surface area contributed by atoms with Crippen molar-refractivity contribution in [1.82, 2.24) is 4.90 Å². The lowest BCUT2D eigenvalue weighted by atomic mass is 10.2. The van der Waals surface area contributed by atoms with Crippen LogP contribution in [0.1, 0.15) is 19.8 Å². The summed E-state index contributed by atoms with van der Waals surface area (Å²) in [6.07, 6.45) is 0.565. The number of anilines is 1. The van der Waals surface area contributed by atoms with E-state index in [1.165, 1.54) is 18.2 Å². The van der Waals surface area contributed by atoms with Gasteiger partial charge in [-0.05, 0) is 25.6 Å². The maximum atomic E-state index is 13.3. The highest BCUT2D eigenvalue weighted by Gasteiger charge is 2.20. The predicted octanol–water partition coefficient (Wildman–Crippen LogP) is 1.95. The number of carboxylic acids is 1. The number of nitrogens with one attached hydrogen (secondary N) is 1. The minimum atomic E-state index is -0.912. The zero-order valence-electron chi connectivity index (χ0n) is 11.6. The summed E-state index contributed by atoms with van der Waals surface area (Å²) in [4.78, 5) is 24.3. The monoisotopic (exact) mass is 282 g/mol. The molecule has 1 rings (SSSR count). The Kier molecular flexibility index (Phi) is 6.11. The molecule has 0 spiro atoms. The first kappa shape index (κ1) is 16.1. The maximum absolute atomic E-state index is 13.3. The summed E-state index contributed by atoms with van der Waals surface area (Å²) in [6.45, 7) is 2.07. The van der Waals surface area contributed by atoms with Gasteiger partial charge in [0.25, 0.3) is 0 Å². The molecule has 0 fully saturated rings. The van der Waals surface area contributed by atoms with Crippen molar-refractivity contribution >= 4 is 17.6 Å². The number of rotatable bonds is 7. The fraction of sp³-hybridized carbons (Fsp3) is 0.429. The zero-order chi connectivity index (χ0) is 15.1. The average molecular weight is 282 g/mol. The van der Waals surface area contributed by atoms with E-state index >= 15 is 0 Å². The Morgan fingerprint density at radius 2 is 2.05 bits per heavy atom. The van der Waals surface area contributed by atoms with E-state index in [-0.39, 0.29) is 18.0 Å². The Morgan fingerprint density at radius 3 is 2.60 bits per heavy atom. The molecule has 1 amide bonds. The summed E-state index contributed by atoms with van der Waals surface area (Å²) < 4.78 is 13.3. The molecule has 6 heteroatoms. The van der Waals surface area contributed by atoms with Gasteiger partial charge in [-0.2, -0.15) is 0 Å². The molecule has 5 nitrogen and oxygen atoms in total. The van der Waals surface area contributed by atoms with E-state index in [1.54, 1.807) is 24.9 Å². The van der Waals surface area contributed by atoms with Gasteiger partial charge in [0.15, 0.2) is 0 Å². The van der Waals surface area contributed by atoms with Crippen molar-refractivity contribution in [1.29, 1.82) is 0 Å². The second-order valence-electron chi connectivity index (χ2n) is 4.52. The molecule has 0 aliphatic rings. The summed E-state index contributed by atoms with van der Waals surface area (Å²) in [6, 6.07) is 5.29. The molecule has 0 saturated carbocycles. The van der Waals surface area contributed by atoms with Gasteiger partial charge in [-0.1, -0.05) is 19.1 Å². The number of aliphatic carboxylic acids is 1. The number of amides is 1. The van der Waals surface area contributed by atoms with Crippen LogP contribution < -0.4 is 5.32 Å². The summed E-state index contributed by atoms with van der Waals surface area (Å²) in [7, 11) is 1.65. The van der Waals surface area contributed by atoms with Gasteiger partial charge < -0.3 is 10.4 Å². The number of hydrogen-bond donors (Lipinski definition) is 2. The van der Waals surface area contributed by atoms with Crippen molar-refractivity contribution in [3.05, 3.63) is 30.1 Å². The smallest absolute Gasteiger partial charge is 0.320 e. The number of carbonyl (C=O) groups is 2. The van der Waals surface area contributed by atoms with Gasteiger partial charge in [0.1, 0.15) is 11.9 Å². The molecule has 110 valence electrons. The minimum absolute atomic E-state index is 0.106. The molecular weight excluding hydrogens is 263 g/mol. The largest absolute Gasteiger partial charge is 0.480 e. The number of benzene rings is 1. The summed E-state index contributed by atoms with van der Waals surface area (Å²) >= 11 is 0. The number of likely N-dealkylation sites (N-methyl/N-ethyl adjacent to an activating group) is 1. The van der Waals surface area contributed by atoms with E-state index in [4.69, 9.17) is 5.11 Å². The van der Waals surface area contributed by atoms with Gasteiger partial charge in [-0.3, -0.25) is 14.5 Å². The molecular formula is C14H19FN2O3. The van der Waals surface area contributed by atoms with E-state index in [0.29, 0.717) is 13.0 Å². The summed E-state index contributed by atoms with van der Waals surface area (Å²) in [5.74, 6) is -1.75. The molecule has 1 atom stereocenters.